The molecule has 0 bridgehead atoms. The Labute approximate surface area is 126 Å². The quantitative estimate of drug-likeness (QED) is 0.445. The first-order chi connectivity index (χ1) is 9.94. The molecule has 22 heavy (non-hydrogen) atoms. The second kappa shape index (κ2) is 6.53. The van der Waals surface area contributed by atoms with Gasteiger partial charge in [-0.25, -0.2) is 9.36 Å². The molecule has 0 aliphatic rings. The van der Waals surface area contributed by atoms with Crippen LogP contribution in [0.4, 0.5) is 0 Å². The van der Waals surface area contributed by atoms with Gasteiger partial charge < -0.3 is 20.0 Å². The molecule has 0 spiro atoms. The molecule has 0 unspecified atom stereocenters. The minimum absolute atomic E-state index is 0.0928. The molecule has 1 aromatic rings. The van der Waals surface area contributed by atoms with E-state index in [1.807, 2.05) is 0 Å². The molecule has 10 heteroatoms. The number of aromatic nitrogens is 1. The lowest BCUT2D eigenvalue weighted by molar-refractivity contribution is -0.141. The summed E-state index contributed by atoms with van der Waals surface area (Å²) in [7, 11) is -4.69. The number of phosphoric acid groups is 1. The first kappa shape index (κ1) is 18.2. The molecule has 0 fully saturated rings. The van der Waals surface area contributed by atoms with E-state index in [0.29, 0.717) is 0 Å². The van der Waals surface area contributed by atoms with E-state index in [4.69, 9.17) is 14.9 Å². The van der Waals surface area contributed by atoms with Crippen molar-refractivity contribution in [2.75, 3.05) is 0 Å². The summed E-state index contributed by atoms with van der Waals surface area (Å²) in [5.74, 6) is -1.43. The van der Waals surface area contributed by atoms with E-state index < -0.39 is 25.9 Å². The van der Waals surface area contributed by atoms with Crippen molar-refractivity contribution in [1.82, 2.24) is 4.98 Å². The second-order valence-electron chi connectivity index (χ2n) is 5.02. The van der Waals surface area contributed by atoms with Crippen molar-refractivity contribution in [3.63, 3.8) is 0 Å². The van der Waals surface area contributed by atoms with Crippen LogP contribution in [0, 0.1) is 6.92 Å². The Kier molecular flexibility index (Phi) is 5.42. The molecule has 0 amide bonds. The number of carboxylic acids is 1. The fourth-order valence-corrected chi connectivity index (χ4v) is 1.65. The first-order valence-electron chi connectivity index (χ1n) is 6.10. The molecule has 1 aromatic heterocycles. The zero-order valence-electron chi connectivity index (χ0n) is 12.2. The summed E-state index contributed by atoms with van der Waals surface area (Å²) in [6, 6.07) is 0. The van der Waals surface area contributed by atoms with Gasteiger partial charge in [0, 0.05) is 23.5 Å². The van der Waals surface area contributed by atoms with Gasteiger partial charge in [0.25, 0.3) is 0 Å². The number of phosphoric ester groups is 1. The van der Waals surface area contributed by atoms with E-state index in [1.54, 1.807) is 0 Å². The van der Waals surface area contributed by atoms with E-state index in [9.17, 15) is 14.5 Å². The molecule has 0 aliphatic carbocycles. The fourth-order valence-electron chi connectivity index (χ4n) is 1.35. The highest BCUT2D eigenvalue weighted by Crippen LogP contribution is 2.37. The predicted octanol–water partition coefficient (Wildman–Crippen LogP) is 0.987. The second-order valence-corrected chi connectivity index (χ2v) is 6.26. The summed E-state index contributed by atoms with van der Waals surface area (Å²) < 4.78 is 15.1. The lowest BCUT2D eigenvalue weighted by Gasteiger charge is -2.14. The summed E-state index contributed by atoms with van der Waals surface area (Å²) in [6.45, 7) is 3.73. The van der Waals surface area contributed by atoms with Crippen LogP contribution in [0.15, 0.2) is 11.2 Å². The van der Waals surface area contributed by atoms with Crippen molar-refractivity contribution >= 4 is 20.0 Å². The molecule has 0 saturated heterocycles. The van der Waals surface area contributed by atoms with Crippen LogP contribution in [0.2, 0.25) is 0 Å². The largest absolute Gasteiger partial charge is 0.505 e. The Hall–Kier alpha value is -1.80. The zero-order chi connectivity index (χ0) is 17.1. The topological polar surface area (TPSA) is 150 Å². The highest BCUT2D eigenvalue weighted by Gasteiger charge is 2.25. The summed E-state index contributed by atoms with van der Waals surface area (Å²) in [4.78, 5) is 36.2. The Morgan fingerprint density at radius 3 is 2.59 bits per heavy atom. The highest BCUT2D eigenvalue weighted by atomic mass is 31.2. The smallest absolute Gasteiger partial charge is 0.469 e. The standard InChI is InChI=1S/C12H17N2O7P/c1-7-10(15)9(5-14-12(2,3)11(16)17)8(4-13-7)6-21-22(18,19)20/h4-5,15H,6H2,1-3H3,(H,16,17)(H2,18,19,20). The van der Waals surface area contributed by atoms with Gasteiger partial charge in [0.15, 0.2) is 5.54 Å². The maximum atomic E-state index is 11.0. The lowest BCUT2D eigenvalue weighted by Crippen LogP contribution is -2.29. The van der Waals surface area contributed by atoms with E-state index in [1.165, 1.54) is 27.0 Å². The molecule has 0 saturated carbocycles. The molecular weight excluding hydrogens is 315 g/mol. The van der Waals surface area contributed by atoms with Gasteiger partial charge >= 0.3 is 13.8 Å². The van der Waals surface area contributed by atoms with Crippen LogP contribution in [0.1, 0.15) is 30.7 Å². The third-order valence-electron chi connectivity index (χ3n) is 2.79. The van der Waals surface area contributed by atoms with Gasteiger partial charge in [0.1, 0.15) is 5.75 Å². The van der Waals surface area contributed by atoms with Crippen molar-refractivity contribution in [3.8, 4) is 5.75 Å². The molecule has 0 atom stereocenters. The van der Waals surface area contributed by atoms with E-state index in [2.05, 4.69) is 14.5 Å². The summed E-state index contributed by atoms with van der Waals surface area (Å²) in [5.41, 5.74) is -0.911. The number of carboxylic acid groups (broad SMARTS) is 1. The molecular formula is C12H17N2O7P. The number of nitrogens with zero attached hydrogens (tertiary/aromatic N) is 2. The van der Waals surface area contributed by atoms with Gasteiger partial charge in [-0.3, -0.25) is 14.5 Å². The molecule has 9 nitrogen and oxygen atoms in total. The van der Waals surface area contributed by atoms with Crippen LogP contribution >= 0.6 is 7.82 Å². The van der Waals surface area contributed by atoms with E-state index in [-0.39, 0.29) is 22.6 Å². The summed E-state index contributed by atoms with van der Waals surface area (Å²) in [6.07, 6.45) is 2.39. The number of hydrogen-bond acceptors (Lipinski definition) is 6. The van der Waals surface area contributed by atoms with Gasteiger partial charge in [0.2, 0.25) is 0 Å². The SMILES string of the molecule is Cc1ncc(COP(=O)(O)O)c(C=NC(C)(C)C(=O)O)c1O. The number of aryl methyl sites for hydroxylation is 1. The zero-order valence-corrected chi connectivity index (χ0v) is 13.1. The number of aromatic hydroxyl groups is 1. The van der Waals surface area contributed by atoms with Crippen LogP contribution in [0.5, 0.6) is 5.75 Å². The minimum Gasteiger partial charge on any atom is -0.505 e. The lowest BCUT2D eigenvalue weighted by atomic mass is 10.1. The fraction of sp³-hybridized carbons (Fsp3) is 0.417. The number of hydrogen-bond donors (Lipinski definition) is 4. The van der Waals surface area contributed by atoms with Crippen molar-refractivity contribution in [2.45, 2.75) is 32.9 Å². The van der Waals surface area contributed by atoms with E-state index >= 15 is 0 Å². The van der Waals surface area contributed by atoms with Crippen molar-refractivity contribution in [2.24, 2.45) is 4.99 Å². The van der Waals surface area contributed by atoms with Crippen molar-refractivity contribution in [3.05, 3.63) is 23.0 Å². The van der Waals surface area contributed by atoms with Gasteiger partial charge in [-0.1, -0.05) is 0 Å². The van der Waals surface area contributed by atoms with E-state index in [0.717, 1.165) is 6.21 Å². The highest BCUT2D eigenvalue weighted by molar-refractivity contribution is 7.46. The molecule has 0 aliphatic heterocycles. The third-order valence-corrected chi connectivity index (χ3v) is 3.25. The summed E-state index contributed by atoms with van der Waals surface area (Å²) >= 11 is 0. The number of pyridine rings is 1. The molecule has 1 rings (SSSR count). The number of carbonyl (C=O) groups is 1. The minimum atomic E-state index is -4.69. The third kappa shape index (κ3) is 4.88. The predicted molar refractivity (Wildman–Crippen MR) is 76.8 cm³/mol. The molecule has 122 valence electrons. The maximum Gasteiger partial charge on any atom is 0.469 e. The van der Waals surface area contributed by atoms with Crippen LogP contribution < -0.4 is 0 Å². The van der Waals surface area contributed by atoms with Crippen LogP contribution in [0.25, 0.3) is 0 Å². The monoisotopic (exact) mass is 332 g/mol. The van der Waals surface area contributed by atoms with Crippen molar-refractivity contribution < 1.29 is 33.9 Å². The van der Waals surface area contributed by atoms with Gasteiger partial charge in [-0.05, 0) is 20.8 Å². The van der Waals surface area contributed by atoms with Crippen LogP contribution in [0.3, 0.4) is 0 Å². The maximum absolute atomic E-state index is 11.0. The van der Waals surface area contributed by atoms with Crippen LogP contribution in [-0.2, 0) is 20.5 Å². The number of aliphatic imine (C=N–C) groups is 1. The van der Waals surface area contributed by atoms with Gasteiger partial charge in [-0.15, -0.1) is 0 Å². The van der Waals surface area contributed by atoms with Crippen LogP contribution in [-0.4, -0.2) is 42.7 Å². The van der Waals surface area contributed by atoms with Gasteiger partial charge in [0.05, 0.1) is 12.3 Å². The van der Waals surface area contributed by atoms with Gasteiger partial charge in [-0.2, -0.15) is 0 Å². The Balaban J connectivity index is 3.21. The molecule has 1 heterocycles. The number of rotatable bonds is 6. The van der Waals surface area contributed by atoms with Crippen molar-refractivity contribution in [1.29, 1.82) is 0 Å². The average molecular weight is 332 g/mol. The Morgan fingerprint density at radius 2 is 2.09 bits per heavy atom. The Morgan fingerprint density at radius 1 is 1.50 bits per heavy atom. The summed E-state index contributed by atoms with van der Waals surface area (Å²) in [5, 5.41) is 19.0. The Bertz CT molecular complexity index is 651. The molecule has 0 radical (unpaired) electrons. The molecule has 4 N–H and O–H groups in total. The number of aliphatic carboxylic acids is 1. The normalized spacial score (nSPS) is 12.8. The molecule has 0 aromatic carbocycles. The first-order valence-corrected chi connectivity index (χ1v) is 7.63. The average Bonchev–Trinajstić information content (AvgIpc) is 2.37.